The minimum atomic E-state index is -1.60. The summed E-state index contributed by atoms with van der Waals surface area (Å²) in [6, 6.07) is 9.28. The molecule has 0 aliphatic carbocycles. The second kappa shape index (κ2) is 14.4. The molecule has 0 radical (unpaired) electrons. The van der Waals surface area contributed by atoms with Crippen LogP contribution in [0.25, 0.3) is 5.82 Å². The number of ether oxygens (including phenoxy) is 2. The molecule has 1 aliphatic heterocycles. The molecule has 3 aromatic rings. The lowest BCUT2D eigenvalue weighted by atomic mass is 10.1. The third kappa shape index (κ3) is 7.46. The van der Waals surface area contributed by atoms with E-state index in [0.29, 0.717) is 49.6 Å². The zero-order chi connectivity index (χ0) is 28.5. The highest BCUT2D eigenvalue weighted by atomic mass is 79.9. The molecular formula is C27H25BrClN5O4S2. The number of hydrogen-bond acceptors (Lipinski definition) is 8. The van der Waals surface area contributed by atoms with Gasteiger partial charge in [-0.1, -0.05) is 42.0 Å². The molecule has 40 heavy (non-hydrogen) atoms. The fraction of sp³-hybridized carbons (Fsp3) is 0.148. The summed E-state index contributed by atoms with van der Waals surface area (Å²) in [5.74, 6) is 1.35. The summed E-state index contributed by atoms with van der Waals surface area (Å²) in [6.07, 6.45) is 11.3. The van der Waals surface area contributed by atoms with Crippen LogP contribution in [-0.2, 0) is 26.9 Å². The molecule has 4 rings (SSSR count). The van der Waals surface area contributed by atoms with Crippen LogP contribution in [0, 0.1) is 0 Å². The average Bonchev–Trinajstić information content (AvgIpc) is 3.53. The Bertz CT molecular complexity index is 1540. The molecule has 13 heteroatoms. The van der Waals surface area contributed by atoms with Gasteiger partial charge in [-0.15, -0.1) is 11.3 Å². The Morgan fingerprint density at radius 3 is 2.95 bits per heavy atom. The molecule has 1 aromatic carbocycles. The Kier molecular flexibility index (Phi) is 10.7. The number of carbonyl (C=O) groups excluding carboxylic acids is 1. The summed E-state index contributed by atoms with van der Waals surface area (Å²) >= 11 is 11.0. The van der Waals surface area contributed by atoms with Crippen LogP contribution in [0.15, 0.2) is 98.2 Å². The van der Waals surface area contributed by atoms with E-state index in [1.165, 1.54) is 18.4 Å². The maximum Gasteiger partial charge on any atom is 0.349 e. The first kappa shape index (κ1) is 29.7. The van der Waals surface area contributed by atoms with Gasteiger partial charge in [0.05, 0.1) is 35.5 Å². The van der Waals surface area contributed by atoms with Gasteiger partial charge in [0.2, 0.25) is 0 Å². The number of thiophene rings is 1. The third-order valence-corrected chi connectivity index (χ3v) is 8.65. The molecule has 1 unspecified atom stereocenters. The number of hydrogen-bond donors (Lipinski definition) is 2. The summed E-state index contributed by atoms with van der Waals surface area (Å²) in [5.41, 5.74) is 1.73. The van der Waals surface area contributed by atoms with Crippen LogP contribution >= 0.6 is 38.9 Å². The molecule has 0 amide bonds. The van der Waals surface area contributed by atoms with Gasteiger partial charge in [0, 0.05) is 17.1 Å². The van der Waals surface area contributed by atoms with Gasteiger partial charge in [-0.3, -0.25) is 0 Å². The van der Waals surface area contributed by atoms with E-state index in [1.54, 1.807) is 28.6 Å². The highest BCUT2D eigenvalue weighted by Crippen LogP contribution is 2.27. The second-order valence-corrected chi connectivity index (χ2v) is 11.6. The van der Waals surface area contributed by atoms with Crippen molar-refractivity contribution in [2.24, 2.45) is 4.99 Å². The molecular weight excluding hydrogens is 638 g/mol. The normalized spacial score (nSPS) is 14.0. The van der Waals surface area contributed by atoms with Gasteiger partial charge in [0.15, 0.2) is 5.82 Å². The van der Waals surface area contributed by atoms with Gasteiger partial charge in [0.1, 0.15) is 27.4 Å². The lowest BCUT2D eigenvalue weighted by molar-refractivity contribution is 0.0602. The smallest absolute Gasteiger partial charge is 0.349 e. The molecule has 1 aliphatic rings. The van der Waals surface area contributed by atoms with Gasteiger partial charge in [-0.05, 0) is 64.3 Å². The van der Waals surface area contributed by atoms with E-state index in [4.69, 9.17) is 21.1 Å². The topological polar surface area (TPSA) is 107 Å². The number of methoxy groups -OCH3 is 1. The summed E-state index contributed by atoms with van der Waals surface area (Å²) in [6.45, 7) is 4.25. The molecule has 9 nitrogen and oxygen atoms in total. The molecule has 1 atom stereocenters. The first-order chi connectivity index (χ1) is 19.4. The van der Waals surface area contributed by atoms with Gasteiger partial charge >= 0.3 is 5.97 Å². The first-order valence-corrected chi connectivity index (χ1v) is 15.0. The van der Waals surface area contributed by atoms with Crippen molar-refractivity contribution in [2.75, 3.05) is 20.2 Å². The molecule has 0 saturated carbocycles. The number of allylic oxidation sites excluding steroid dienone is 3. The maximum atomic E-state index is 12.7. The molecule has 0 bridgehead atoms. The second-order valence-electron chi connectivity index (χ2n) is 8.12. The largest absolute Gasteiger partial charge is 0.467 e. The molecule has 0 saturated heterocycles. The monoisotopic (exact) mass is 661 g/mol. The van der Waals surface area contributed by atoms with Gasteiger partial charge in [-0.25, -0.2) is 18.7 Å². The lowest BCUT2D eigenvalue weighted by Crippen LogP contribution is -2.22. The van der Waals surface area contributed by atoms with Gasteiger partial charge < -0.3 is 14.8 Å². The Morgan fingerprint density at radius 1 is 1.35 bits per heavy atom. The molecule has 3 heterocycles. The van der Waals surface area contributed by atoms with Crippen LogP contribution in [0.2, 0.25) is 5.02 Å². The summed E-state index contributed by atoms with van der Waals surface area (Å²) < 4.78 is 28.7. The number of rotatable bonds is 12. The molecule has 2 N–H and O–H groups in total. The quantitative estimate of drug-likeness (QED) is 0.188. The van der Waals surface area contributed by atoms with E-state index < -0.39 is 17.0 Å². The van der Waals surface area contributed by atoms with Crippen molar-refractivity contribution in [3.05, 3.63) is 104 Å². The highest BCUT2D eigenvalue weighted by molar-refractivity contribution is 9.10. The summed E-state index contributed by atoms with van der Waals surface area (Å²) in [7, 11) is -0.306. The van der Waals surface area contributed by atoms with Crippen molar-refractivity contribution in [3.63, 3.8) is 0 Å². The van der Waals surface area contributed by atoms with Crippen LogP contribution in [0.1, 0.15) is 15.2 Å². The van der Waals surface area contributed by atoms with Crippen molar-refractivity contribution >= 4 is 74.2 Å². The maximum absolute atomic E-state index is 12.7. The van der Waals surface area contributed by atoms with Crippen molar-refractivity contribution in [1.82, 2.24) is 19.8 Å². The van der Waals surface area contributed by atoms with Gasteiger partial charge in [-0.2, -0.15) is 9.78 Å². The Morgan fingerprint density at radius 2 is 2.17 bits per heavy atom. The number of nitrogens with one attached hydrogen (secondary N) is 2. The molecule has 208 valence electrons. The molecule has 0 spiro atoms. The zero-order valence-electron chi connectivity index (χ0n) is 21.3. The van der Waals surface area contributed by atoms with E-state index in [1.807, 2.05) is 48.6 Å². The van der Waals surface area contributed by atoms with Crippen LogP contribution in [0.4, 0.5) is 5.82 Å². The van der Waals surface area contributed by atoms with E-state index >= 15 is 0 Å². The van der Waals surface area contributed by atoms with Crippen LogP contribution in [0.5, 0.6) is 0 Å². The van der Waals surface area contributed by atoms with Gasteiger partial charge in [0.25, 0.3) is 0 Å². The first-order valence-electron chi connectivity index (χ1n) is 11.8. The van der Waals surface area contributed by atoms with Crippen molar-refractivity contribution in [2.45, 2.75) is 11.3 Å². The fourth-order valence-corrected chi connectivity index (χ4v) is 6.20. The SMILES string of the molecule is C=Nc1c(Br)cnn1/C(=C\Cc1ccccc1Cl)NCC1=CC=CC(CNS(=O)c2ccsc2C(=O)OC)=CO1. The highest BCUT2D eigenvalue weighted by Gasteiger charge is 2.18. The minimum absolute atomic E-state index is 0.257. The summed E-state index contributed by atoms with van der Waals surface area (Å²) in [4.78, 5) is 16.7. The van der Waals surface area contributed by atoms with Crippen molar-refractivity contribution < 1.29 is 18.5 Å². The van der Waals surface area contributed by atoms with E-state index in [9.17, 15) is 9.00 Å². The van der Waals surface area contributed by atoms with Crippen LogP contribution < -0.4 is 10.0 Å². The lowest BCUT2D eigenvalue weighted by Gasteiger charge is -2.14. The summed E-state index contributed by atoms with van der Waals surface area (Å²) in [5, 5.41) is 10.2. The number of halogens is 2. The zero-order valence-corrected chi connectivity index (χ0v) is 25.3. The van der Waals surface area contributed by atoms with Crippen molar-refractivity contribution in [3.8, 4) is 0 Å². The van der Waals surface area contributed by atoms with Crippen LogP contribution in [-0.4, -0.2) is 46.9 Å². The predicted octanol–water partition coefficient (Wildman–Crippen LogP) is 5.78. The molecule has 0 fully saturated rings. The Labute approximate surface area is 251 Å². The Hall–Kier alpha value is -3.29. The number of carbonyl (C=O) groups is 1. The average molecular weight is 663 g/mol. The Balaban J connectivity index is 1.41. The van der Waals surface area contributed by atoms with E-state index in [0.717, 1.165) is 11.1 Å². The fourth-order valence-electron chi connectivity index (χ4n) is 3.54. The van der Waals surface area contributed by atoms with E-state index in [2.05, 4.69) is 42.8 Å². The number of esters is 1. The third-order valence-electron chi connectivity index (χ3n) is 5.56. The molecule has 2 aromatic heterocycles. The number of aromatic nitrogens is 2. The predicted molar refractivity (Wildman–Crippen MR) is 163 cm³/mol. The van der Waals surface area contributed by atoms with Crippen LogP contribution in [0.3, 0.4) is 0 Å². The van der Waals surface area contributed by atoms with Crippen molar-refractivity contribution in [1.29, 1.82) is 0 Å². The minimum Gasteiger partial charge on any atom is -0.467 e. The number of benzene rings is 1. The number of aliphatic imine (C=N–C) groups is 1. The number of nitrogens with zero attached hydrogens (tertiary/aromatic N) is 3. The van der Waals surface area contributed by atoms with E-state index in [-0.39, 0.29) is 6.54 Å². The standard InChI is InChI=1S/C27H25BrClN5O4S2/c1-30-26-21(28)16-32-34(26)24(11-10-19-7-3-4-9-22(19)29)31-15-20-8-5-6-18(17-38-20)14-33-40(36)23-12-13-39-25(23)27(35)37-2/h3-9,11-13,16-17,31,33H,1,10,14-15H2,2H3/b24-11-.